The van der Waals surface area contributed by atoms with Gasteiger partial charge in [0.05, 0.1) is 6.61 Å². The Labute approximate surface area is 122 Å². The molecular weight excluding hydrogens is 256 g/mol. The number of piperazine rings is 1. The first kappa shape index (κ1) is 17.0. The van der Waals surface area contributed by atoms with Crippen LogP contribution < -0.4 is 5.32 Å². The van der Waals surface area contributed by atoms with Crippen molar-refractivity contribution in [2.45, 2.75) is 59.0 Å². The van der Waals surface area contributed by atoms with E-state index in [1.54, 1.807) is 18.7 Å². The zero-order valence-corrected chi connectivity index (χ0v) is 13.4. The number of hydrogen-bond acceptors (Lipinski definition) is 3. The van der Waals surface area contributed by atoms with Crippen LogP contribution in [0.4, 0.5) is 0 Å². The summed E-state index contributed by atoms with van der Waals surface area (Å²) >= 11 is 0. The van der Waals surface area contributed by atoms with E-state index in [4.69, 9.17) is 4.74 Å². The summed E-state index contributed by atoms with van der Waals surface area (Å²) in [5.41, 5.74) is -0.801. The molecule has 1 saturated heterocycles. The predicted molar refractivity (Wildman–Crippen MR) is 78.3 cm³/mol. The first-order valence-corrected chi connectivity index (χ1v) is 7.50. The maximum absolute atomic E-state index is 12.3. The topological polar surface area (TPSA) is 58.6 Å². The Hall–Kier alpha value is -1.10. The van der Waals surface area contributed by atoms with Gasteiger partial charge in [-0.25, -0.2) is 0 Å². The van der Waals surface area contributed by atoms with E-state index >= 15 is 0 Å². The van der Waals surface area contributed by atoms with Crippen LogP contribution in [0.25, 0.3) is 0 Å². The van der Waals surface area contributed by atoms with E-state index < -0.39 is 11.6 Å². The molecule has 0 spiro atoms. The second-order valence-corrected chi connectivity index (χ2v) is 6.28. The highest BCUT2D eigenvalue weighted by atomic mass is 16.5. The predicted octanol–water partition coefficient (Wildman–Crippen LogP) is 1.56. The van der Waals surface area contributed by atoms with Crippen LogP contribution in [-0.4, -0.2) is 48.1 Å². The van der Waals surface area contributed by atoms with Crippen molar-refractivity contribution in [2.75, 3.05) is 19.8 Å². The van der Waals surface area contributed by atoms with E-state index in [1.165, 1.54) is 0 Å². The van der Waals surface area contributed by atoms with Gasteiger partial charge < -0.3 is 15.0 Å². The van der Waals surface area contributed by atoms with Crippen molar-refractivity contribution in [3.05, 3.63) is 0 Å². The summed E-state index contributed by atoms with van der Waals surface area (Å²) in [6.07, 6.45) is 1.63. The summed E-state index contributed by atoms with van der Waals surface area (Å²) in [4.78, 5) is 26.1. The third-order valence-corrected chi connectivity index (χ3v) is 3.81. The van der Waals surface area contributed by atoms with Crippen LogP contribution in [0, 0.1) is 5.92 Å². The molecule has 1 aliphatic heterocycles. The second-order valence-electron chi connectivity index (χ2n) is 6.28. The number of rotatable bonds is 7. The number of hydrogen-bond donors (Lipinski definition) is 1. The molecule has 1 heterocycles. The maximum Gasteiger partial charge on any atom is 0.246 e. The quantitative estimate of drug-likeness (QED) is 0.722. The molecule has 0 bridgehead atoms. The van der Waals surface area contributed by atoms with Crippen LogP contribution in [-0.2, 0) is 14.3 Å². The molecular formula is C15H28N2O3. The Morgan fingerprint density at radius 1 is 1.30 bits per heavy atom. The fourth-order valence-corrected chi connectivity index (χ4v) is 2.23. The number of carbonyl (C=O) groups is 2. The number of nitrogens with one attached hydrogen (secondary N) is 1. The highest BCUT2D eigenvalue weighted by Gasteiger charge is 2.45. The first-order chi connectivity index (χ1) is 9.30. The van der Waals surface area contributed by atoms with Crippen molar-refractivity contribution in [3.63, 3.8) is 0 Å². The molecule has 0 saturated carbocycles. The van der Waals surface area contributed by atoms with E-state index in [9.17, 15) is 9.59 Å². The van der Waals surface area contributed by atoms with Crippen LogP contribution in [0.1, 0.15) is 47.5 Å². The summed E-state index contributed by atoms with van der Waals surface area (Å²) in [6.45, 7) is 11.4. The maximum atomic E-state index is 12.3. The Kier molecular flexibility index (Phi) is 5.99. The van der Waals surface area contributed by atoms with Crippen molar-refractivity contribution in [3.8, 4) is 0 Å². The van der Waals surface area contributed by atoms with Crippen LogP contribution in [0.3, 0.4) is 0 Å². The van der Waals surface area contributed by atoms with Gasteiger partial charge in [0.25, 0.3) is 0 Å². The highest BCUT2D eigenvalue weighted by Crippen LogP contribution is 2.21. The number of nitrogens with zero attached hydrogens (tertiary/aromatic N) is 1. The van der Waals surface area contributed by atoms with Gasteiger partial charge >= 0.3 is 0 Å². The van der Waals surface area contributed by atoms with Crippen LogP contribution >= 0.6 is 0 Å². The molecule has 1 N–H and O–H groups in total. The molecule has 0 aromatic carbocycles. The average molecular weight is 284 g/mol. The standard InChI is InChI=1S/C15H28N2O3/c1-6-12-13(18)17(15(4,5)14(19)16-12)8-10-20-9-7-11(2)3/h11-12H,6-10H2,1-5H3,(H,16,19). The Bertz CT molecular complexity index is 353. The summed E-state index contributed by atoms with van der Waals surface area (Å²) in [5.74, 6) is 0.508. The van der Waals surface area contributed by atoms with Crippen LogP contribution in [0.2, 0.25) is 0 Å². The number of carbonyl (C=O) groups excluding carboxylic acids is 2. The van der Waals surface area contributed by atoms with Gasteiger partial charge in [0, 0.05) is 13.2 Å². The lowest BCUT2D eigenvalue weighted by atomic mass is 9.95. The summed E-state index contributed by atoms with van der Waals surface area (Å²) in [5, 5.41) is 2.78. The van der Waals surface area contributed by atoms with Gasteiger partial charge in [0.2, 0.25) is 11.8 Å². The van der Waals surface area contributed by atoms with E-state index in [0.29, 0.717) is 32.1 Å². The van der Waals surface area contributed by atoms with Gasteiger partial charge in [-0.2, -0.15) is 0 Å². The summed E-state index contributed by atoms with van der Waals surface area (Å²) in [7, 11) is 0. The van der Waals surface area contributed by atoms with Gasteiger partial charge in [-0.15, -0.1) is 0 Å². The molecule has 5 nitrogen and oxygen atoms in total. The Balaban J connectivity index is 2.55. The fourth-order valence-electron chi connectivity index (χ4n) is 2.23. The Morgan fingerprint density at radius 2 is 1.95 bits per heavy atom. The third-order valence-electron chi connectivity index (χ3n) is 3.81. The lowest BCUT2D eigenvalue weighted by molar-refractivity contribution is -0.156. The van der Waals surface area contributed by atoms with Crippen molar-refractivity contribution >= 4 is 11.8 Å². The van der Waals surface area contributed by atoms with Crippen molar-refractivity contribution < 1.29 is 14.3 Å². The molecule has 1 rings (SSSR count). The lowest BCUT2D eigenvalue weighted by Crippen LogP contribution is -2.68. The normalized spacial score (nSPS) is 22.3. The molecule has 0 radical (unpaired) electrons. The van der Waals surface area contributed by atoms with Gasteiger partial charge in [0.15, 0.2) is 0 Å². The molecule has 5 heteroatoms. The van der Waals surface area contributed by atoms with Crippen molar-refractivity contribution in [2.24, 2.45) is 5.92 Å². The Morgan fingerprint density at radius 3 is 2.50 bits per heavy atom. The molecule has 1 fully saturated rings. The van der Waals surface area contributed by atoms with E-state index in [-0.39, 0.29) is 11.8 Å². The molecule has 0 aromatic rings. The van der Waals surface area contributed by atoms with E-state index in [2.05, 4.69) is 19.2 Å². The molecule has 1 unspecified atom stereocenters. The van der Waals surface area contributed by atoms with Gasteiger partial charge in [0.1, 0.15) is 11.6 Å². The van der Waals surface area contributed by atoms with E-state index in [1.807, 2.05) is 6.92 Å². The zero-order valence-electron chi connectivity index (χ0n) is 13.4. The first-order valence-electron chi connectivity index (χ1n) is 7.50. The second kappa shape index (κ2) is 7.07. The average Bonchev–Trinajstić information content (AvgIpc) is 2.36. The van der Waals surface area contributed by atoms with Crippen molar-refractivity contribution in [1.29, 1.82) is 0 Å². The monoisotopic (exact) mass is 284 g/mol. The zero-order chi connectivity index (χ0) is 15.3. The lowest BCUT2D eigenvalue weighted by Gasteiger charge is -2.44. The van der Waals surface area contributed by atoms with Crippen LogP contribution in [0.15, 0.2) is 0 Å². The van der Waals surface area contributed by atoms with Gasteiger partial charge in [-0.1, -0.05) is 20.8 Å². The minimum Gasteiger partial charge on any atom is -0.380 e. The summed E-state index contributed by atoms with van der Waals surface area (Å²) < 4.78 is 5.57. The third kappa shape index (κ3) is 3.95. The van der Waals surface area contributed by atoms with E-state index in [0.717, 1.165) is 6.42 Å². The fraction of sp³-hybridized carbons (Fsp3) is 0.867. The van der Waals surface area contributed by atoms with Gasteiger partial charge in [-0.3, -0.25) is 9.59 Å². The molecule has 0 aliphatic carbocycles. The molecule has 0 aromatic heterocycles. The molecule has 1 aliphatic rings. The molecule has 116 valence electrons. The largest absolute Gasteiger partial charge is 0.380 e. The smallest absolute Gasteiger partial charge is 0.246 e. The summed E-state index contributed by atoms with van der Waals surface area (Å²) in [6, 6.07) is -0.397. The highest BCUT2D eigenvalue weighted by molar-refractivity contribution is 5.99. The molecule has 20 heavy (non-hydrogen) atoms. The van der Waals surface area contributed by atoms with Crippen LogP contribution in [0.5, 0.6) is 0 Å². The molecule has 1 atom stereocenters. The minimum atomic E-state index is -0.801. The van der Waals surface area contributed by atoms with Crippen molar-refractivity contribution in [1.82, 2.24) is 10.2 Å². The number of amides is 2. The minimum absolute atomic E-state index is 0.00967. The SMILES string of the molecule is CCC1NC(=O)C(C)(C)N(CCOCCC(C)C)C1=O. The number of ether oxygens (including phenoxy) is 1. The van der Waals surface area contributed by atoms with Gasteiger partial charge in [-0.05, 0) is 32.6 Å². The molecule has 2 amide bonds.